The van der Waals surface area contributed by atoms with Gasteiger partial charge < -0.3 is 15.0 Å². The first-order chi connectivity index (χ1) is 14.2. The molecule has 6 heteroatoms. The highest BCUT2D eigenvalue weighted by molar-refractivity contribution is 8.14. The van der Waals surface area contributed by atoms with Gasteiger partial charge in [0.1, 0.15) is 11.5 Å². The molecule has 152 valence electrons. The summed E-state index contributed by atoms with van der Waals surface area (Å²) in [7, 11) is 2.06. The van der Waals surface area contributed by atoms with Crippen molar-refractivity contribution >= 4 is 28.5 Å². The SMILES string of the molecule is CN1C(=NC2CCCC2)SCC1CC(=O)Nc1ccc(Oc2ccccc2)cc1. The molecule has 1 unspecified atom stereocenters. The molecule has 1 atom stereocenters. The summed E-state index contributed by atoms with van der Waals surface area (Å²) in [5.41, 5.74) is 0.781. The Balaban J connectivity index is 1.28. The summed E-state index contributed by atoms with van der Waals surface area (Å²) in [5, 5.41) is 4.09. The summed E-state index contributed by atoms with van der Waals surface area (Å²) < 4.78 is 5.79. The normalized spacial score (nSPS) is 20.9. The number of amides is 1. The number of carbonyl (C=O) groups is 1. The summed E-state index contributed by atoms with van der Waals surface area (Å²) in [6.45, 7) is 0. The van der Waals surface area contributed by atoms with Crippen molar-refractivity contribution in [2.45, 2.75) is 44.2 Å². The van der Waals surface area contributed by atoms with Gasteiger partial charge >= 0.3 is 0 Å². The van der Waals surface area contributed by atoms with Gasteiger partial charge in [-0.3, -0.25) is 9.79 Å². The molecule has 0 aromatic heterocycles. The molecule has 2 aromatic carbocycles. The number of amidine groups is 1. The van der Waals surface area contributed by atoms with Gasteiger partial charge in [-0.05, 0) is 49.2 Å². The molecule has 4 rings (SSSR count). The smallest absolute Gasteiger partial charge is 0.226 e. The van der Waals surface area contributed by atoms with Crippen LogP contribution in [0.15, 0.2) is 59.6 Å². The maximum absolute atomic E-state index is 12.5. The van der Waals surface area contributed by atoms with Gasteiger partial charge in [-0.15, -0.1) is 0 Å². The largest absolute Gasteiger partial charge is 0.457 e. The third-order valence-corrected chi connectivity index (χ3v) is 6.61. The zero-order valence-electron chi connectivity index (χ0n) is 16.7. The molecule has 5 nitrogen and oxygen atoms in total. The van der Waals surface area contributed by atoms with Gasteiger partial charge in [0.05, 0.1) is 6.04 Å². The molecule has 1 amide bonds. The maximum atomic E-state index is 12.5. The number of aliphatic imine (C=N–C) groups is 1. The van der Waals surface area contributed by atoms with E-state index in [4.69, 9.17) is 9.73 Å². The average molecular weight is 410 g/mol. The lowest BCUT2D eigenvalue weighted by Gasteiger charge is -2.21. The molecular formula is C23H27N3O2S. The van der Waals surface area contributed by atoms with Crippen LogP contribution >= 0.6 is 11.8 Å². The van der Waals surface area contributed by atoms with E-state index in [0.29, 0.717) is 12.5 Å². The van der Waals surface area contributed by atoms with E-state index in [0.717, 1.165) is 28.1 Å². The van der Waals surface area contributed by atoms with Gasteiger partial charge in [0, 0.05) is 31.0 Å². The fraction of sp³-hybridized carbons (Fsp3) is 0.391. The molecule has 1 aliphatic carbocycles. The molecule has 2 aliphatic rings. The van der Waals surface area contributed by atoms with Crippen LogP contribution < -0.4 is 10.1 Å². The van der Waals surface area contributed by atoms with Crippen LogP contribution in [0.1, 0.15) is 32.1 Å². The van der Waals surface area contributed by atoms with Gasteiger partial charge in [0.25, 0.3) is 0 Å². The van der Waals surface area contributed by atoms with Crippen LogP contribution in [-0.2, 0) is 4.79 Å². The highest BCUT2D eigenvalue weighted by atomic mass is 32.2. The van der Waals surface area contributed by atoms with Gasteiger partial charge in [0.15, 0.2) is 5.17 Å². The number of para-hydroxylation sites is 1. The lowest BCUT2D eigenvalue weighted by Crippen LogP contribution is -2.34. The lowest BCUT2D eigenvalue weighted by molar-refractivity contribution is -0.116. The van der Waals surface area contributed by atoms with Crippen LogP contribution in [0.4, 0.5) is 5.69 Å². The topological polar surface area (TPSA) is 53.9 Å². The van der Waals surface area contributed by atoms with Crippen LogP contribution in [-0.4, -0.2) is 40.9 Å². The predicted molar refractivity (Wildman–Crippen MR) is 120 cm³/mol. The van der Waals surface area contributed by atoms with Crippen molar-refractivity contribution in [3.63, 3.8) is 0 Å². The van der Waals surface area contributed by atoms with Crippen LogP contribution in [0, 0.1) is 0 Å². The minimum absolute atomic E-state index is 0.0290. The first-order valence-corrected chi connectivity index (χ1v) is 11.2. The molecular weight excluding hydrogens is 382 g/mol. The van der Waals surface area contributed by atoms with Crippen molar-refractivity contribution in [3.05, 3.63) is 54.6 Å². The van der Waals surface area contributed by atoms with Crippen molar-refractivity contribution in [2.24, 2.45) is 4.99 Å². The summed E-state index contributed by atoms with van der Waals surface area (Å²) >= 11 is 1.78. The maximum Gasteiger partial charge on any atom is 0.226 e. The second kappa shape index (κ2) is 9.35. The predicted octanol–water partition coefficient (Wildman–Crippen LogP) is 5.15. The summed E-state index contributed by atoms with van der Waals surface area (Å²) in [6, 6.07) is 17.8. The third-order valence-electron chi connectivity index (χ3n) is 5.41. The number of nitrogens with one attached hydrogen (secondary N) is 1. The molecule has 1 heterocycles. The van der Waals surface area contributed by atoms with E-state index in [1.165, 1.54) is 25.7 Å². The van der Waals surface area contributed by atoms with Crippen LogP contribution in [0.5, 0.6) is 11.5 Å². The number of thioether (sulfide) groups is 1. The van der Waals surface area contributed by atoms with Gasteiger partial charge in [-0.25, -0.2) is 0 Å². The number of hydrogen-bond acceptors (Lipinski definition) is 4. The van der Waals surface area contributed by atoms with E-state index in [9.17, 15) is 4.79 Å². The van der Waals surface area contributed by atoms with E-state index in [1.807, 2.05) is 54.6 Å². The summed E-state index contributed by atoms with van der Waals surface area (Å²) in [5.74, 6) is 2.48. The van der Waals surface area contributed by atoms with Crippen molar-refractivity contribution in [1.29, 1.82) is 0 Å². The molecule has 2 aromatic rings. The van der Waals surface area contributed by atoms with Crippen molar-refractivity contribution in [1.82, 2.24) is 4.90 Å². The molecule has 0 bridgehead atoms. The van der Waals surface area contributed by atoms with Crippen molar-refractivity contribution < 1.29 is 9.53 Å². The Hall–Kier alpha value is -2.47. The third kappa shape index (κ3) is 5.32. The summed E-state index contributed by atoms with van der Waals surface area (Å²) in [6.07, 6.45) is 5.45. The van der Waals surface area contributed by atoms with Crippen LogP contribution in [0.25, 0.3) is 0 Å². The van der Waals surface area contributed by atoms with E-state index in [-0.39, 0.29) is 11.9 Å². The van der Waals surface area contributed by atoms with Crippen molar-refractivity contribution in [3.8, 4) is 11.5 Å². The quantitative estimate of drug-likeness (QED) is 0.717. The minimum atomic E-state index is 0.0290. The molecule has 1 saturated heterocycles. The number of anilines is 1. The minimum Gasteiger partial charge on any atom is -0.457 e. The Morgan fingerprint density at radius 3 is 2.52 bits per heavy atom. The molecule has 1 saturated carbocycles. The average Bonchev–Trinajstić information content (AvgIpc) is 3.36. The highest BCUT2D eigenvalue weighted by Gasteiger charge is 2.30. The van der Waals surface area contributed by atoms with Crippen LogP contribution in [0.2, 0.25) is 0 Å². The fourth-order valence-electron chi connectivity index (χ4n) is 3.71. The second-order valence-electron chi connectivity index (χ2n) is 7.62. The molecule has 29 heavy (non-hydrogen) atoms. The Morgan fingerprint density at radius 2 is 1.79 bits per heavy atom. The van der Waals surface area contributed by atoms with E-state index >= 15 is 0 Å². The fourth-order valence-corrected chi connectivity index (χ4v) is 4.97. The molecule has 1 N–H and O–H groups in total. The molecule has 0 spiro atoms. The first kappa shape index (κ1) is 19.8. The lowest BCUT2D eigenvalue weighted by atomic mass is 10.2. The number of hydrogen-bond donors (Lipinski definition) is 1. The van der Waals surface area contributed by atoms with E-state index < -0.39 is 0 Å². The summed E-state index contributed by atoms with van der Waals surface area (Å²) in [4.78, 5) is 19.6. The van der Waals surface area contributed by atoms with Crippen molar-refractivity contribution in [2.75, 3.05) is 18.1 Å². The Labute approximate surface area is 176 Å². The number of ether oxygens (including phenoxy) is 1. The highest BCUT2D eigenvalue weighted by Crippen LogP contribution is 2.29. The molecule has 2 fully saturated rings. The molecule has 1 aliphatic heterocycles. The Morgan fingerprint density at radius 1 is 1.10 bits per heavy atom. The number of benzene rings is 2. The van der Waals surface area contributed by atoms with E-state index in [1.54, 1.807) is 11.8 Å². The first-order valence-electron chi connectivity index (χ1n) is 10.2. The molecule has 0 radical (unpaired) electrons. The standard InChI is InChI=1S/C23H27N3O2S/c1-26-19(16-29-23(26)25-17-7-5-6-8-17)15-22(27)24-18-11-13-21(14-12-18)28-20-9-3-2-4-10-20/h2-4,9-14,17,19H,5-8,15-16H2,1H3,(H,24,27). The number of carbonyl (C=O) groups excluding carboxylic acids is 1. The number of rotatable bonds is 6. The van der Waals surface area contributed by atoms with Gasteiger partial charge in [0.2, 0.25) is 5.91 Å². The Bertz CT molecular complexity index is 848. The number of nitrogens with zero attached hydrogens (tertiary/aromatic N) is 2. The zero-order valence-corrected chi connectivity index (χ0v) is 17.5. The second-order valence-corrected chi connectivity index (χ2v) is 8.60. The monoisotopic (exact) mass is 409 g/mol. The zero-order chi connectivity index (χ0) is 20.1. The Kier molecular flexibility index (Phi) is 6.39. The van der Waals surface area contributed by atoms with E-state index in [2.05, 4.69) is 17.3 Å². The van der Waals surface area contributed by atoms with Crippen LogP contribution in [0.3, 0.4) is 0 Å². The van der Waals surface area contributed by atoms with Gasteiger partial charge in [-0.2, -0.15) is 0 Å². The van der Waals surface area contributed by atoms with Gasteiger partial charge in [-0.1, -0.05) is 42.8 Å².